The molecule has 0 aliphatic heterocycles. The van der Waals surface area contributed by atoms with Crippen LogP contribution in [0, 0.1) is 0 Å². The number of benzene rings is 3. The first-order chi connectivity index (χ1) is 14.7. The van der Waals surface area contributed by atoms with Crippen molar-refractivity contribution in [2.75, 3.05) is 0 Å². The number of hydrogen-bond acceptors (Lipinski definition) is 5. The molecule has 5 aromatic rings. The Morgan fingerprint density at radius 1 is 0.867 bits per heavy atom. The Morgan fingerprint density at radius 3 is 2.33 bits per heavy atom. The van der Waals surface area contributed by atoms with Crippen LogP contribution in [-0.4, -0.2) is 4.98 Å². The average molecular weight is 432 g/mol. The SMILES string of the molecule is O=c1oc2cc(-c3ccc(Oc4ccccc4)cc3)ccc2cc1-c1ncc(Cl)s1. The second-order valence-electron chi connectivity index (χ2n) is 6.61. The smallest absolute Gasteiger partial charge is 0.346 e. The fraction of sp³-hybridized carbons (Fsp3) is 0. The van der Waals surface area contributed by atoms with E-state index in [4.69, 9.17) is 20.8 Å². The third-order valence-electron chi connectivity index (χ3n) is 4.61. The van der Waals surface area contributed by atoms with Gasteiger partial charge >= 0.3 is 5.63 Å². The highest BCUT2D eigenvalue weighted by molar-refractivity contribution is 7.18. The van der Waals surface area contributed by atoms with Gasteiger partial charge in [0.15, 0.2) is 0 Å². The lowest BCUT2D eigenvalue weighted by Crippen LogP contribution is -2.02. The zero-order valence-electron chi connectivity index (χ0n) is 15.5. The molecule has 146 valence electrons. The normalized spacial score (nSPS) is 11.0. The molecule has 0 bridgehead atoms. The van der Waals surface area contributed by atoms with Crippen LogP contribution < -0.4 is 10.4 Å². The summed E-state index contributed by atoms with van der Waals surface area (Å²) >= 11 is 7.19. The van der Waals surface area contributed by atoms with Crippen molar-refractivity contribution in [2.24, 2.45) is 0 Å². The second-order valence-corrected chi connectivity index (χ2v) is 8.27. The van der Waals surface area contributed by atoms with E-state index in [1.165, 1.54) is 17.5 Å². The molecular formula is C24H14ClNO3S. The molecule has 3 aromatic carbocycles. The van der Waals surface area contributed by atoms with Crippen LogP contribution >= 0.6 is 22.9 Å². The predicted octanol–water partition coefficient (Wildman–Crippen LogP) is 7.03. The van der Waals surface area contributed by atoms with E-state index in [9.17, 15) is 4.79 Å². The zero-order chi connectivity index (χ0) is 20.5. The summed E-state index contributed by atoms with van der Waals surface area (Å²) in [5.41, 5.74) is 2.44. The molecule has 0 aliphatic rings. The summed E-state index contributed by atoms with van der Waals surface area (Å²) in [6.07, 6.45) is 1.53. The zero-order valence-corrected chi connectivity index (χ0v) is 17.1. The number of thiazole rings is 1. The van der Waals surface area contributed by atoms with Gasteiger partial charge in [0.25, 0.3) is 0 Å². The largest absolute Gasteiger partial charge is 0.457 e. The summed E-state index contributed by atoms with van der Waals surface area (Å²) in [4.78, 5) is 16.6. The van der Waals surface area contributed by atoms with Crippen molar-refractivity contribution < 1.29 is 9.15 Å². The first kappa shape index (κ1) is 18.6. The van der Waals surface area contributed by atoms with Crippen LogP contribution in [0.2, 0.25) is 4.34 Å². The molecule has 0 saturated heterocycles. The van der Waals surface area contributed by atoms with Crippen LogP contribution in [0.3, 0.4) is 0 Å². The first-order valence-electron chi connectivity index (χ1n) is 9.19. The molecule has 0 spiro atoms. The topological polar surface area (TPSA) is 52.3 Å². The highest BCUT2D eigenvalue weighted by Gasteiger charge is 2.12. The number of halogens is 1. The maximum absolute atomic E-state index is 12.4. The fourth-order valence-electron chi connectivity index (χ4n) is 3.16. The fourth-order valence-corrected chi connectivity index (χ4v) is 4.07. The quantitative estimate of drug-likeness (QED) is 0.286. The van der Waals surface area contributed by atoms with Crippen molar-refractivity contribution in [1.29, 1.82) is 0 Å². The summed E-state index contributed by atoms with van der Waals surface area (Å²) in [6.45, 7) is 0. The molecule has 0 unspecified atom stereocenters. The minimum Gasteiger partial charge on any atom is -0.457 e. The summed E-state index contributed by atoms with van der Waals surface area (Å²) in [6, 6.07) is 25.0. The highest BCUT2D eigenvalue weighted by atomic mass is 35.5. The Balaban J connectivity index is 1.45. The van der Waals surface area contributed by atoms with E-state index in [0.29, 0.717) is 20.5 Å². The van der Waals surface area contributed by atoms with Gasteiger partial charge in [-0.2, -0.15) is 0 Å². The lowest BCUT2D eigenvalue weighted by molar-refractivity contribution is 0.483. The molecule has 30 heavy (non-hydrogen) atoms. The molecule has 0 saturated carbocycles. The van der Waals surface area contributed by atoms with E-state index < -0.39 is 5.63 Å². The predicted molar refractivity (Wildman–Crippen MR) is 121 cm³/mol. The van der Waals surface area contributed by atoms with Crippen molar-refractivity contribution in [3.8, 4) is 33.2 Å². The Bertz CT molecular complexity index is 1390. The van der Waals surface area contributed by atoms with Crippen LogP contribution in [0.5, 0.6) is 11.5 Å². The number of fused-ring (bicyclic) bond motifs is 1. The molecule has 4 nitrogen and oxygen atoms in total. The third kappa shape index (κ3) is 3.73. The maximum Gasteiger partial charge on any atom is 0.346 e. The standard InChI is InChI=1S/C24H14ClNO3S/c25-22-14-26-23(30-22)20-12-17-7-6-16(13-21(17)29-24(20)27)15-8-10-19(11-9-15)28-18-4-2-1-3-5-18/h1-14H. The van der Waals surface area contributed by atoms with Crippen LogP contribution in [0.15, 0.2) is 94.3 Å². The van der Waals surface area contributed by atoms with Gasteiger partial charge in [-0.15, -0.1) is 11.3 Å². The summed E-state index contributed by atoms with van der Waals surface area (Å²) in [7, 11) is 0. The minimum atomic E-state index is -0.433. The van der Waals surface area contributed by atoms with Gasteiger partial charge in [-0.05, 0) is 47.5 Å². The Kier molecular flexibility index (Phi) is 4.83. The van der Waals surface area contributed by atoms with Crippen LogP contribution in [0.4, 0.5) is 0 Å². The molecule has 0 radical (unpaired) electrons. The number of hydrogen-bond donors (Lipinski definition) is 0. The second kappa shape index (κ2) is 7.78. The molecule has 0 amide bonds. The van der Waals surface area contributed by atoms with E-state index in [1.54, 1.807) is 6.07 Å². The van der Waals surface area contributed by atoms with Crippen molar-refractivity contribution >= 4 is 33.9 Å². The van der Waals surface area contributed by atoms with E-state index in [-0.39, 0.29) is 0 Å². The van der Waals surface area contributed by atoms with Gasteiger partial charge in [0.05, 0.1) is 11.8 Å². The van der Waals surface area contributed by atoms with Gasteiger partial charge in [0, 0.05) is 5.39 Å². The van der Waals surface area contributed by atoms with E-state index >= 15 is 0 Å². The third-order valence-corrected chi connectivity index (χ3v) is 5.76. The van der Waals surface area contributed by atoms with Crippen LogP contribution in [0.25, 0.3) is 32.7 Å². The van der Waals surface area contributed by atoms with Crippen LogP contribution in [0.1, 0.15) is 0 Å². The number of ether oxygens (including phenoxy) is 1. The molecule has 0 fully saturated rings. The lowest BCUT2D eigenvalue weighted by Gasteiger charge is -2.08. The van der Waals surface area contributed by atoms with Crippen molar-refractivity contribution in [3.05, 3.63) is 99.8 Å². The lowest BCUT2D eigenvalue weighted by atomic mass is 10.0. The van der Waals surface area contributed by atoms with Crippen molar-refractivity contribution in [1.82, 2.24) is 4.98 Å². The Morgan fingerprint density at radius 2 is 1.60 bits per heavy atom. The van der Waals surface area contributed by atoms with Crippen LogP contribution in [-0.2, 0) is 0 Å². The summed E-state index contributed by atoms with van der Waals surface area (Å²) in [5, 5.41) is 1.37. The van der Waals surface area contributed by atoms with Gasteiger partial charge in [0.2, 0.25) is 0 Å². The Labute approximate surface area is 181 Å². The van der Waals surface area contributed by atoms with Crippen molar-refractivity contribution in [3.63, 3.8) is 0 Å². The Hall–Kier alpha value is -3.41. The van der Waals surface area contributed by atoms with Crippen molar-refractivity contribution in [2.45, 2.75) is 0 Å². The minimum absolute atomic E-state index is 0.412. The van der Waals surface area contributed by atoms with Gasteiger partial charge < -0.3 is 9.15 Å². The first-order valence-corrected chi connectivity index (χ1v) is 10.4. The van der Waals surface area contributed by atoms with Gasteiger partial charge in [-0.1, -0.05) is 54.1 Å². The molecule has 5 rings (SSSR count). The highest BCUT2D eigenvalue weighted by Crippen LogP contribution is 2.31. The molecule has 0 N–H and O–H groups in total. The molecule has 0 atom stereocenters. The van der Waals surface area contributed by atoms with Gasteiger partial charge in [0.1, 0.15) is 26.4 Å². The number of para-hydroxylation sites is 1. The van der Waals surface area contributed by atoms with Gasteiger partial charge in [-0.25, -0.2) is 9.78 Å². The van der Waals surface area contributed by atoms with E-state index in [2.05, 4.69) is 4.98 Å². The molecule has 2 heterocycles. The monoisotopic (exact) mass is 431 g/mol. The molecule has 6 heteroatoms. The van der Waals surface area contributed by atoms with E-state index in [1.807, 2.05) is 72.8 Å². The average Bonchev–Trinajstić information content (AvgIpc) is 3.20. The number of rotatable bonds is 4. The summed E-state index contributed by atoms with van der Waals surface area (Å²) < 4.78 is 11.9. The molecule has 2 aromatic heterocycles. The number of nitrogens with zero attached hydrogens (tertiary/aromatic N) is 1. The van der Waals surface area contributed by atoms with Gasteiger partial charge in [-0.3, -0.25) is 0 Å². The molecular weight excluding hydrogens is 418 g/mol. The number of aromatic nitrogens is 1. The molecule has 0 aliphatic carbocycles. The summed E-state index contributed by atoms with van der Waals surface area (Å²) in [5.74, 6) is 1.54. The maximum atomic E-state index is 12.4. The van der Waals surface area contributed by atoms with E-state index in [0.717, 1.165) is 28.0 Å².